The average Bonchev–Trinajstić information content (AvgIpc) is 3.82. The number of anilines is 1. The molecule has 302 valence electrons. The van der Waals surface area contributed by atoms with Crippen molar-refractivity contribution < 1.29 is 38.0 Å². The zero-order valence-corrected chi connectivity index (χ0v) is 34.0. The number of benzene rings is 3. The van der Waals surface area contributed by atoms with Crippen molar-refractivity contribution in [3.05, 3.63) is 155 Å². The molecule has 4 amide bonds. The van der Waals surface area contributed by atoms with Crippen LogP contribution in [0.25, 0.3) is 0 Å². The first-order valence-electron chi connectivity index (χ1n) is 19.8. The molecule has 0 aliphatic carbocycles. The predicted octanol–water partition coefficient (Wildman–Crippen LogP) is 5.62. The first-order chi connectivity index (χ1) is 28.4. The molecule has 0 unspecified atom stereocenters. The minimum Gasteiger partial charge on any atom is -0.448 e. The largest absolute Gasteiger partial charge is 0.448 e. The number of β-lactam (4-membered cyclic amide) rings is 1. The topological polar surface area (TPSA) is 129 Å². The van der Waals surface area contributed by atoms with Crippen molar-refractivity contribution >= 4 is 47.2 Å². The maximum absolute atomic E-state index is 14.5. The Bertz CT molecular complexity index is 2300. The van der Waals surface area contributed by atoms with E-state index >= 15 is 0 Å². The summed E-state index contributed by atoms with van der Waals surface area (Å²) in [4.78, 5) is 73.0. The van der Waals surface area contributed by atoms with Crippen LogP contribution in [-0.2, 0) is 48.2 Å². The molecule has 2 saturated heterocycles. The fourth-order valence-corrected chi connectivity index (χ4v) is 9.15. The summed E-state index contributed by atoms with van der Waals surface area (Å²) >= 11 is 1.39. The molecule has 0 radical (unpaired) electrons. The van der Waals surface area contributed by atoms with E-state index in [2.05, 4.69) is 11.4 Å². The lowest BCUT2D eigenvalue weighted by Crippen LogP contribution is -2.70. The normalized spacial score (nSPS) is 19.5. The highest BCUT2D eigenvalue weighted by Crippen LogP contribution is 2.43. The van der Waals surface area contributed by atoms with E-state index in [9.17, 15) is 24.0 Å². The van der Waals surface area contributed by atoms with Crippen LogP contribution in [0.3, 0.4) is 0 Å². The minimum atomic E-state index is -0.908. The molecule has 5 heterocycles. The molecule has 59 heavy (non-hydrogen) atoms. The lowest BCUT2D eigenvalue weighted by molar-refractivity contribution is -0.684. The number of alkyl carbamates (subject to hydrolysis) is 1. The number of allylic oxidation sites excluding steroid dienone is 1. The summed E-state index contributed by atoms with van der Waals surface area (Å²) < 4.78 is 13.5. The molecule has 1 aromatic heterocycles. The van der Waals surface area contributed by atoms with Crippen molar-refractivity contribution in [2.75, 3.05) is 23.7 Å². The van der Waals surface area contributed by atoms with E-state index in [0.717, 1.165) is 28.8 Å². The predicted molar refractivity (Wildman–Crippen MR) is 221 cm³/mol. The number of ether oxygens (including phenoxy) is 2. The summed E-state index contributed by atoms with van der Waals surface area (Å²) in [5.41, 5.74) is 4.88. The third kappa shape index (κ3) is 8.52. The van der Waals surface area contributed by atoms with E-state index in [1.165, 1.54) is 22.2 Å². The number of nitrogens with zero attached hydrogens (tertiary/aromatic N) is 4. The second-order valence-corrected chi connectivity index (χ2v) is 17.1. The zero-order chi connectivity index (χ0) is 41.3. The second kappa shape index (κ2) is 16.6. The number of para-hydroxylation sites is 1. The molecule has 2 fully saturated rings. The Labute approximate surface area is 347 Å². The number of esters is 1. The first-order valence-corrected chi connectivity index (χ1v) is 20.8. The molecule has 0 spiro atoms. The molecule has 3 aromatic carbocycles. The number of hydrogen-bond donors (Lipinski definition) is 1. The summed E-state index contributed by atoms with van der Waals surface area (Å²) in [6, 6.07) is 29.7. The number of pyridine rings is 1. The van der Waals surface area contributed by atoms with Crippen molar-refractivity contribution in [2.24, 2.45) is 0 Å². The molecule has 4 aliphatic rings. The van der Waals surface area contributed by atoms with Gasteiger partial charge in [-0.25, -0.2) is 9.59 Å². The van der Waals surface area contributed by atoms with Gasteiger partial charge >= 0.3 is 12.1 Å². The number of carbonyl (C=O) groups is 5. The fourth-order valence-electron chi connectivity index (χ4n) is 7.84. The van der Waals surface area contributed by atoms with Gasteiger partial charge in [0, 0.05) is 48.8 Å². The molecular weight excluding hydrogens is 767 g/mol. The van der Waals surface area contributed by atoms with Gasteiger partial charge in [-0.05, 0) is 73.6 Å². The zero-order valence-electron chi connectivity index (χ0n) is 33.2. The highest BCUT2D eigenvalue weighted by Gasteiger charge is 2.55. The van der Waals surface area contributed by atoms with Crippen molar-refractivity contribution in [1.29, 1.82) is 0 Å². The van der Waals surface area contributed by atoms with E-state index in [0.29, 0.717) is 43.0 Å². The second-order valence-electron chi connectivity index (χ2n) is 16.0. The van der Waals surface area contributed by atoms with Crippen LogP contribution in [0, 0.1) is 0 Å². The van der Waals surface area contributed by atoms with Gasteiger partial charge in [0.05, 0.1) is 0 Å². The molecule has 13 heteroatoms. The molecule has 4 aromatic rings. The molecular formula is C46H46N5O7S+. The quantitative estimate of drug-likeness (QED) is 0.0947. The average molecular weight is 813 g/mol. The number of fused-ring (bicyclic) bond motifs is 2. The first kappa shape index (κ1) is 39.6. The number of amides is 4. The third-order valence-corrected chi connectivity index (χ3v) is 12.0. The summed E-state index contributed by atoms with van der Waals surface area (Å²) in [6.07, 6.45) is 5.25. The number of carbonyl (C=O) groups excluding carboxylic acids is 5. The SMILES string of the molecule is CC(C)(C)OC(=O)N[C@@H]1C(=O)N2C(C(=O)OC(c3ccccc3)c3ccccc3)=C(C=C3CCN(Cc4cc[n+](CC(=O)N5CCc6ccccc65)cc4)C3=O)CS[C@H]12. The van der Waals surface area contributed by atoms with Gasteiger partial charge in [0.25, 0.3) is 11.8 Å². The van der Waals surface area contributed by atoms with Gasteiger partial charge in [-0.15, -0.1) is 11.8 Å². The van der Waals surface area contributed by atoms with Crippen LogP contribution < -0.4 is 14.8 Å². The maximum Gasteiger partial charge on any atom is 0.408 e. The summed E-state index contributed by atoms with van der Waals surface area (Å²) in [5, 5.41) is 2.10. The Kier molecular flexibility index (Phi) is 11.1. The number of nitrogens with one attached hydrogen (secondary N) is 1. The Morgan fingerprint density at radius 1 is 0.881 bits per heavy atom. The number of aromatic nitrogens is 1. The third-order valence-electron chi connectivity index (χ3n) is 10.7. The van der Waals surface area contributed by atoms with Crippen LogP contribution >= 0.6 is 11.8 Å². The maximum atomic E-state index is 14.5. The van der Waals surface area contributed by atoms with Crippen LogP contribution in [0.2, 0.25) is 0 Å². The fraction of sp³-hybridized carbons (Fsp3) is 0.304. The van der Waals surface area contributed by atoms with Gasteiger partial charge in [0.15, 0.2) is 18.5 Å². The number of thioether (sulfide) groups is 1. The molecule has 0 saturated carbocycles. The van der Waals surface area contributed by atoms with Crippen LogP contribution in [0.1, 0.15) is 55.5 Å². The van der Waals surface area contributed by atoms with Gasteiger partial charge in [-0.1, -0.05) is 78.9 Å². The highest BCUT2D eigenvalue weighted by atomic mass is 32.2. The smallest absolute Gasteiger partial charge is 0.408 e. The molecule has 8 rings (SSSR count). The summed E-state index contributed by atoms with van der Waals surface area (Å²) in [6.45, 7) is 6.94. The van der Waals surface area contributed by atoms with Crippen LogP contribution in [0.5, 0.6) is 0 Å². The van der Waals surface area contributed by atoms with Gasteiger partial charge in [-0.3, -0.25) is 19.3 Å². The summed E-state index contributed by atoms with van der Waals surface area (Å²) in [5.74, 6) is -1.03. The molecule has 4 aliphatic heterocycles. The van der Waals surface area contributed by atoms with E-state index in [1.807, 2.05) is 113 Å². The molecule has 0 bridgehead atoms. The van der Waals surface area contributed by atoms with Crippen molar-refractivity contribution in [3.63, 3.8) is 0 Å². The van der Waals surface area contributed by atoms with Crippen LogP contribution in [0.15, 0.2) is 132 Å². The van der Waals surface area contributed by atoms with Gasteiger partial charge in [0.1, 0.15) is 22.7 Å². The Morgan fingerprint density at radius 3 is 2.22 bits per heavy atom. The van der Waals surface area contributed by atoms with E-state index < -0.39 is 41.1 Å². The summed E-state index contributed by atoms with van der Waals surface area (Å²) in [7, 11) is 0. The standard InChI is InChI=1S/C46H45N5O7S/c1-46(2,3)58-45(56)47-38-42(54)51-39(44(55)57-40(32-13-6-4-7-14-32)33-15-8-5-9-16-33)35(29-59-43(38)51)26-34-20-24-49(41(34)53)27-30-18-22-48(23-19-30)28-37(52)50-25-21-31-12-10-11-17-36(31)50/h4-19,22-23,26,38,40,43H,20-21,24-25,27-29H2,1-3H3/p+1/t38-,43-/m1/s1. The van der Waals surface area contributed by atoms with Crippen molar-refractivity contribution in [3.8, 4) is 0 Å². The van der Waals surface area contributed by atoms with Gasteiger partial charge in [0.2, 0.25) is 12.5 Å². The van der Waals surface area contributed by atoms with Crippen molar-refractivity contribution in [2.45, 2.75) is 69.8 Å². The monoisotopic (exact) mass is 812 g/mol. The van der Waals surface area contributed by atoms with Crippen LogP contribution in [0.4, 0.5) is 10.5 Å². The van der Waals surface area contributed by atoms with Gasteiger partial charge < -0.3 is 24.6 Å². The molecule has 12 nitrogen and oxygen atoms in total. The lowest BCUT2D eigenvalue weighted by atomic mass is 10.00. The van der Waals surface area contributed by atoms with Gasteiger partial charge in [-0.2, -0.15) is 4.57 Å². The Morgan fingerprint density at radius 2 is 1.54 bits per heavy atom. The number of hydrogen-bond acceptors (Lipinski definition) is 8. The molecule has 2 atom stereocenters. The minimum absolute atomic E-state index is 0.0207. The van der Waals surface area contributed by atoms with E-state index in [1.54, 1.807) is 31.7 Å². The Balaban J connectivity index is 1.01. The number of likely N-dealkylation sites (tertiary alicyclic amines) is 1. The Hall–Kier alpha value is -6.21. The lowest BCUT2D eigenvalue weighted by Gasteiger charge is -2.49. The van der Waals surface area contributed by atoms with E-state index in [-0.39, 0.29) is 24.1 Å². The van der Waals surface area contributed by atoms with E-state index in [4.69, 9.17) is 9.47 Å². The highest BCUT2D eigenvalue weighted by molar-refractivity contribution is 8.00. The molecule has 1 N–H and O–H groups in total. The van der Waals surface area contributed by atoms with Crippen LogP contribution in [-0.4, -0.2) is 75.4 Å². The van der Waals surface area contributed by atoms with Crippen molar-refractivity contribution in [1.82, 2.24) is 15.1 Å². The number of rotatable bonds is 10.